The van der Waals surface area contributed by atoms with Gasteiger partial charge in [-0.25, -0.2) is 4.98 Å². The first-order valence-electron chi connectivity index (χ1n) is 6.38. The number of ether oxygens (including phenoxy) is 1. The van der Waals surface area contributed by atoms with Gasteiger partial charge in [0.05, 0.1) is 25.0 Å². The summed E-state index contributed by atoms with van der Waals surface area (Å²) >= 11 is 0. The molecule has 0 unspecified atom stereocenters. The Morgan fingerprint density at radius 3 is 2.50 bits per heavy atom. The maximum atomic E-state index is 13.9. The minimum absolute atomic E-state index is 0.00797. The molecular formula is C15H16F2N2O. The molecule has 2 rings (SSSR count). The number of nitrogens with one attached hydrogen (secondary N) is 1. The molecule has 1 N–H and O–H groups in total. The van der Waals surface area contributed by atoms with Crippen molar-refractivity contribution in [3.63, 3.8) is 0 Å². The van der Waals surface area contributed by atoms with Crippen molar-refractivity contribution >= 4 is 5.69 Å². The summed E-state index contributed by atoms with van der Waals surface area (Å²) in [4.78, 5) is 4.01. The third kappa shape index (κ3) is 3.66. The van der Waals surface area contributed by atoms with Crippen LogP contribution < -0.4 is 10.1 Å². The first-order valence-corrected chi connectivity index (χ1v) is 6.38. The predicted molar refractivity (Wildman–Crippen MR) is 74.2 cm³/mol. The van der Waals surface area contributed by atoms with Gasteiger partial charge in [0.25, 0.3) is 5.92 Å². The van der Waals surface area contributed by atoms with Crippen LogP contribution in [0.3, 0.4) is 0 Å². The van der Waals surface area contributed by atoms with Crippen LogP contribution in [0.25, 0.3) is 0 Å². The number of pyridine rings is 1. The molecule has 20 heavy (non-hydrogen) atoms. The Morgan fingerprint density at radius 1 is 1.15 bits per heavy atom. The van der Waals surface area contributed by atoms with Gasteiger partial charge in [-0.2, -0.15) is 8.78 Å². The molecule has 0 aliphatic heterocycles. The topological polar surface area (TPSA) is 34.1 Å². The zero-order chi connectivity index (χ0) is 14.4. The highest BCUT2D eigenvalue weighted by molar-refractivity contribution is 5.42. The summed E-state index contributed by atoms with van der Waals surface area (Å²) < 4.78 is 33.1. The molecule has 0 spiro atoms. The van der Waals surface area contributed by atoms with Crippen molar-refractivity contribution in [2.75, 3.05) is 18.5 Å². The van der Waals surface area contributed by atoms with Crippen LogP contribution in [0, 0.1) is 0 Å². The SMILES string of the molecule is CCOc1ccc(NCC(F)(F)c2ccccc2)cn1. The molecule has 0 aliphatic carbocycles. The van der Waals surface area contributed by atoms with Crippen LogP contribution in [-0.2, 0) is 5.92 Å². The Morgan fingerprint density at radius 2 is 1.90 bits per heavy atom. The maximum absolute atomic E-state index is 13.9. The zero-order valence-corrected chi connectivity index (χ0v) is 11.1. The van der Waals surface area contributed by atoms with Gasteiger partial charge < -0.3 is 10.1 Å². The van der Waals surface area contributed by atoms with E-state index in [2.05, 4.69) is 10.3 Å². The number of hydrogen-bond donors (Lipinski definition) is 1. The minimum Gasteiger partial charge on any atom is -0.478 e. The molecule has 5 heteroatoms. The van der Waals surface area contributed by atoms with Crippen molar-refractivity contribution in [2.24, 2.45) is 0 Å². The summed E-state index contributed by atoms with van der Waals surface area (Å²) in [5.41, 5.74) is 0.524. The van der Waals surface area contributed by atoms with Gasteiger partial charge in [-0.1, -0.05) is 30.3 Å². The monoisotopic (exact) mass is 278 g/mol. The maximum Gasteiger partial charge on any atom is 0.290 e. The van der Waals surface area contributed by atoms with Crippen molar-refractivity contribution in [1.82, 2.24) is 4.98 Å². The standard InChI is InChI=1S/C15H16F2N2O/c1-2-20-14-9-8-13(10-18-14)19-11-15(16,17)12-6-4-3-5-7-12/h3-10,19H,2,11H2,1H3. The number of alkyl halides is 2. The van der Waals surface area contributed by atoms with E-state index in [9.17, 15) is 8.78 Å². The minimum atomic E-state index is -2.93. The second-order valence-electron chi connectivity index (χ2n) is 4.24. The molecule has 1 aromatic heterocycles. The number of halogens is 2. The van der Waals surface area contributed by atoms with E-state index >= 15 is 0 Å². The average molecular weight is 278 g/mol. The van der Waals surface area contributed by atoms with Gasteiger partial charge in [0.2, 0.25) is 5.88 Å². The molecule has 1 aromatic carbocycles. The molecule has 0 aliphatic rings. The van der Waals surface area contributed by atoms with Crippen LogP contribution in [-0.4, -0.2) is 18.1 Å². The Balaban J connectivity index is 1.97. The quantitative estimate of drug-likeness (QED) is 0.875. The van der Waals surface area contributed by atoms with Crippen molar-refractivity contribution in [3.8, 4) is 5.88 Å². The van der Waals surface area contributed by atoms with Gasteiger partial charge >= 0.3 is 0 Å². The van der Waals surface area contributed by atoms with Crippen molar-refractivity contribution < 1.29 is 13.5 Å². The van der Waals surface area contributed by atoms with Gasteiger partial charge in [0.15, 0.2) is 0 Å². The molecule has 0 saturated carbocycles. The lowest BCUT2D eigenvalue weighted by atomic mass is 10.1. The largest absolute Gasteiger partial charge is 0.478 e. The van der Waals surface area contributed by atoms with Gasteiger partial charge in [-0.15, -0.1) is 0 Å². The third-order valence-corrected chi connectivity index (χ3v) is 2.74. The van der Waals surface area contributed by atoms with E-state index in [1.807, 2.05) is 6.92 Å². The summed E-state index contributed by atoms with van der Waals surface area (Å²) in [6.45, 7) is 1.90. The fourth-order valence-corrected chi connectivity index (χ4v) is 1.72. The van der Waals surface area contributed by atoms with Crippen LogP contribution in [0.5, 0.6) is 5.88 Å². The van der Waals surface area contributed by atoms with Gasteiger partial charge in [-0.3, -0.25) is 0 Å². The number of nitrogens with zero attached hydrogens (tertiary/aromatic N) is 1. The van der Waals surface area contributed by atoms with E-state index in [0.717, 1.165) is 0 Å². The molecular weight excluding hydrogens is 262 g/mol. The molecule has 0 fully saturated rings. The number of aromatic nitrogens is 1. The van der Waals surface area contributed by atoms with Gasteiger partial charge in [0.1, 0.15) is 0 Å². The molecule has 0 amide bonds. The molecule has 0 saturated heterocycles. The molecule has 2 aromatic rings. The van der Waals surface area contributed by atoms with Crippen molar-refractivity contribution in [1.29, 1.82) is 0 Å². The number of hydrogen-bond acceptors (Lipinski definition) is 3. The van der Waals surface area contributed by atoms with Crippen LogP contribution >= 0.6 is 0 Å². The van der Waals surface area contributed by atoms with Crippen LogP contribution in [0.2, 0.25) is 0 Å². The third-order valence-electron chi connectivity index (χ3n) is 2.74. The van der Waals surface area contributed by atoms with E-state index in [1.54, 1.807) is 30.3 Å². The highest BCUT2D eigenvalue weighted by Gasteiger charge is 2.30. The highest BCUT2D eigenvalue weighted by Crippen LogP contribution is 2.28. The van der Waals surface area contributed by atoms with E-state index in [-0.39, 0.29) is 5.56 Å². The molecule has 106 valence electrons. The van der Waals surface area contributed by atoms with Crippen LogP contribution in [0.1, 0.15) is 12.5 Å². The average Bonchev–Trinajstić information content (AvgIpc) is 2.48. The highest BCUT2D eigenvalue weighted by atomic mass is 19.3. The first-order chi connectivity index (χ1) is 9.62. The van der Waals surface area contributed by atoms with Crippen LogP contribution in [0.15, 0.2) is 48.7 Å². The lowest BCUT2D eigenvalue weighted by molar-refractivity contribution is 0.0106. The summed E-state index contributed by atoms with van der Waals surface area (Å²) in [6.07, 6.45) is 1.48. The van der Waals surface area contributed by atoms with Gasteiger partial charge in [0, 0.05) is 11.6 Å². The Kier molecular flexibility index (Phi) is 4.50. The lowest BCUT2D eigenvalue weighted by Gasteiger charge is -2.18. The van der Waals surface area contributed by atoms with E-state index in [0.29, 0.717) is 18.2 Å². The number of rotatable bonds is 6. The fraction of sp³-hybridized carbons (Fsp3) is 0.267. The zero-order valence-electron chi connectivity index (χ0n) is 11.1. The molecule has 0 radical (unpaired) electrons. The first kappa shape index (κ1) is 14.2. The molecule has 0 atom stereocenters. The Hall–Kier alpha value is -2.17. The normalized spacial score (nSPS) is 11.2. The molecule has 3 nitrogen and oxygen atoms in total. The Bertz CT molecular complexity index is 529. The van der Waals surface area contributed by atoms with Crippen molar-refractivity contribution in [2.45, 2.75) is 12.8 Å². The van der Waals surface area contributed by atoms with E-state index < -0.39 is 12.5 Å². The lowest BCUT2D eigenvalue weighted by Crippen LogP contribution is -2.24. The second-order valence-corrected chi connectivity index (χ2v) is 4.24. The van der Waals surface area contributed by atoms with E-state index in [4.69, 9.17) is 4.74 Å². The number of benzene rings is 1. The molecule has 1 heterocycles. The Labute approximate surface area is 116 Å². The summed E-state index contributed by atoms with van der Waals surface area (Å²) in [6, 6.07) is 11.1. The van der Waals surface area contributed by atoms with E-state index in [1.165, 1.54) is 18.3 Å². The van der Waals surface area contributed by atoms with Gasteiger partial charge in [-0.05, 0) is 13.0 Å². The summed E-state index contributed by atoms with van der Waals surface area (Å²) in [5, 5.41) is 2.68. The fourth-order valence-electron chi connectivity index (χ4n) is 1.72. The van der Waals surface area contributed by atoms with Crippen LogP contribution in [0.4, 0.5) is 14.5 Å². The summed E-state index contributed by atoms with van der Waals surface area (Å²) in [7, 11) is 0. The summed E-state index contributed by atoms with van der Waals surface area (Å²) in [5.74, 6) is -2.45. The smallest absolute Gasteiger partial charge is 0.290 e. The second kappa shape index (κ2) is 6.32. The predicted octanol–water partition coefficient (Wildman–Crippen LogP) is 3.68. The molecule has 0 bridgehead atoms. The van der Waals surface area contributed by atoms with Crippen molar-refractivity contribution in [3.05, 3.63) is 54.2 Å². The number of anilines is 1.